The van der Waals surface area contributed by atoms with Crippen molar-refractivity contribution in [2.24, 2.45) is 23.2 Å². The van der Waals surface area contributed by atoms with E-state index in [1.807, 2.05) is 0 Å². The van der Waals surface area contributed by atoms with E-state index in [9.17, 15) is 14.4 Å². The van der Waals surface area contributed by atoms with E-state index in [-0.39, 0.29) is 39.1 Å². The number of benzene rings is 1. The Morgan fingerprint density at radius 2 is 1.68 bits per heavy atom. The third-order valence-corrected chi connectivity index (χ3v) is 7.94. The van der Waals surface area contributed by atoms with E-state index in [0.29, 0.717) is 17.8 Å². The number of nitrogens with zero attached hydrogens (tertiary/aromatic N) is 2. The Morgan fingerprint density at radius 3 is 2.32 bits per heavy atom. The van der Waals surface area contributed by atoms with Crippen molar-refractivity contribution in [2.45, 2.75) is 38.5 Å². The number of carbonyl (C=O) groups is 2. The van der Waals surface area contributed by atoms with E-state index in [1.54, 1.807) is 18.2 Å². The standard InChI is InChI=1S/C23H22Cl2N2O4/c24-17-11-26-27(21(29)20(17)25)18-4-2-1-3-16(18)22(30)31-12-19(28)23-8-13-5-14(9-23)7-15(6-13)10-23/h1-4,11,13-15H,5-10,12H2. The Balaban J connectivity index is 1.35. The fraction of sp³-hybridized carbons (Fsp3) is 0.478. The molecule has 0 N–H and O–H groups in total. The summed E-state index contributed by atoms with van der Waals surface area (Å²) in [6.07, 6.45) is 7.74. The molecule has 4 fully saturated rings. The van der Waals surface area contributed by atoms with Crippen LogP contribution in [0.25, 0.3) is 5.69 Å². The van der Waals surface area contributed by atoms with Crippen LogP contribution < -0.4 is 5.56 Å². The Bertz CT molecular complexity index is 1090. The molecule has 1 heterocycles. The number of rotatable bonds is 5. The van der Waals surface area contributed by atoms with Gasteiger partial charge < -0.3 is 4.74 Å². The van der Waals surface area contributed by atoms with Crippen molar-refractivity contribution in [1.82, 2.24) is 9.78 Å². The molecule has 2 aromatic rings. The SMILES string of the molecule is O=C(OCC(=O)C12CC3CC(CC(C3)C1)C2)c1ccccc1-n1ncc(Cl)c(Cl)c1=O. The van der Waals surface area contributed by atoms with Crippen LogP contribution in [0.5, 0.6) is 0 Å². The number of ketones is 1. The van der Waals surface area contributed by atoms with Gasteiger partial charge in [0.15, 0.2) is 12.4 Å². The summed E-state index contributed by atoms with van der Waals surface area (Å²) in [5.74, 6) is 1.27. The van der Waals surface area contributed by atoms with Crippen LogP contribution >= 0.6 is 23.2 Å². The molecule has 4 bridgehead atoms. The Labute approximate surface area is 189 Å². The molecular formula is C23H22Cl2N2O4. The van der Waals surface area contributed by atoms with Crippen molar-refractivity contribution in [1.29, 1.82) is 0 Å². The topological polar surface area (TPSA) is 78.3 Å². The molecule has 0 radical (unpaired) electrons. The van der Waals surface area contributed by atoms with Gasteiger partial charge in [0.2, 0.25) is 0 Å². The van der Waals surface area contributed by atoms with Crippen molar-refractivity contribution in [3.05, 3.63) is 56.4 Å². The van der Waals surface area contributed by atoms with Crippen LogP contribution in [0.1, 0.15) is 48.9 Å². The summed E-state index contributed by atoms with van der Waals surface area (Å²) >= 11 is 11.8. The highest BCUT2D eigenvalue weighted by Crippen LogP contribution is 2.60. The fourth-order valence-electron chi connectivity index (χ4n) is 6.23. The number of hydrogen-bond acceptors (Lipinski definition) is 5. The number of carbonyl (C=O) groups excluding carboxylic acids is 2. The van der Waals surface area contributed by atoms with Gasteiger partial charge in [0.25, 0.3) is 5.56 Å². The smallest absolute Gasteiger partial charge is 0.340 e. The lowest BCUT2D eigenvalue weighted by Crippen LogP contribution is -2.51. The van der Waals surface area contributed by atoms with Gasteiger partial charge in [0, 0.05) is 5.41 Å². The largest absolute Gasteiger partial charge is 0.454 e. The quantitative estimate of drug-likeness (QED) is 0.614. The third-order valence-electron chi connectivity index (χ3n) is 7.19. The molecule has 4 aliphatic rings. The summed E-state index contributed by atoms with van der Waals surface area (Å²) in [6, 6.07) is 6.42. The number of halogens is 2. The number of para-hydroxylation sites is 1. The molecule has 6 nitrogen and oxygen atoms in total. The summed E-state index contributed by atoms with van der Waals surface area (Å²) in [5.41, 5.74) is -0.609. The van der Waals surface area contributed by atoms with Crippen molar-refractivity contribution < 1.29 is 14.3 Å². The molecule has 0 unspecified atom stereocenters. The number of aromatic nitrogens is 2. The van der Waals surface area contributed by atoms with Gasteiger partial charge in [-0.05, 0) is 68.4 Å². The highest BCUT2D eigenvalue weighted by atomic mass is 35.5. The highest BCUT2D eigenvalue weighted by molar-refractivity contribution is 6.41. The lowest BCUT2D eigenvalue weighted by molar-refractivity contribution is -0.147. The molecule has 1 aromatic carbocycles. The second-order valence-corrected chi connectivity index (χ2v) is 10.0. The molecule has 0 aliphatic heterocycles. The highest BCUT2D eigenvalue weighted by Gasteiger charge is 2.54. The first-order valence-electron chi connectivity index (χ1n) is 10.6. The lowest BCUT2D eigenvalue weighted by Gasteiger charge is -2.55. The molecule has 4 saturated carbocycles. The van der Waals surface area contributed by atoms with Crippen LogP contribution in [0.3, 0.4) is 0 Å². The molecule has 6 rings (SSSR count). The molecule has 0 amide bonds. The van der Waals surface area contributed by atoms with E-state index in [2.05, 4.69) is 5.10 Å². The summed E-state index contributed by atoms with van der Waals surface area (Å²) < 4.78 is 6.45. The summed E-state index contributed by atoms with van der Waals surface area (Å²) in [4.78, 5) is 38.5. The molecule has 0 spiro atoms. The molecule has 162 valence electrons. The van der Waals surface area contributed by atoms with E-state index in [1.165, 1.54) is 31.5 Å². The average Bonchev–Trinajstić information content (AvgIpc) is 2.75. The van der Waals surface area contributed by atoms with Gasteiger partial charge in [-0.15, -0.1) is 0 Å². The normalized spacial score (nSPS) is 28.5. The first kappa shape index (κ1) is 20.7. The van der Waals surface area contributed by atoms with Crippen LogP contribution in [0, 0.1) is 23.2 Å². The van der Waals surface area contributed by atoms with Crippen molar-refractivity contribution >= 4 is 35.0 Å². The predicted molar refractivity (Wildman–Crippen MR) is 116 cm³/mol. The van der Waals surface area contributed by atoms with E-state index >= 15 is 0 Å². The summed E-state index contributed by atoms with van der Waals surface area (Å²) in [5, 5.41) is 3.84. The first-order valence-corrected chi connectivity index (χ1v) is 11.3. The van der Waals surface area contributed by atoms with Crippen LogP contribution in [-0.4, -0.2) is 28.1 Å². The van der Waals surface area contributed by atoms with Gasteiger partial charge in [-0.1, -0.05) is 35.3 Å². The predicted octanol–water partition coefficient (Wildman–Crippen LogP) is 4.48. The van der Waals surface area contributed by atoms with Gasteiger partial charge in [-0.2, -0.15) is 9.78 Å². The molecule has 0 saturated heterocycles. The fourth-order valence-corrected chi connectivity index (χ4v) is 6.48. The maximum atomic E-state index is 13.1. The van der Waals surface area contributed by atoms with Crippen LogP contribution in [0.4, 0.5) is 0 Å². The Kier molecular flexibility index (Phi) is 5.18. The first-order chi connectivity index (χ1) is 14.9. The van der Waals surface area contributed by atoms with Crippen LogP contribution in [0.2, 0.25) is 10.0 Å². The number of Topliss-reactive ketones (excluding diaryl/α,β-unsaturated/α-hetero) is 1. The second-order valence-electron chi connectivity index (χ2n) is 9.24. The third kappa shape index (κ3) is 3.60. The van der Waals surface area contributed by atoms with Gasteiger partial charge in [-0.3, -0.25) is 9.59 Å². The van der Waals surface area contributed by atoms with Gasteiger partial charge in [0.1, 0.15) is 5.02 Å². The summed E-state index contributed by atoms with van der Waals surface area (Å²) in [6.45, 7) is -0.247. The number of hydrogen-bond donors (Lipinski definition) is 0. The zero-order chi connectivity index (χ0) is 21.8. The minimum absolute atomic E-state index is 0.0299. The molecule has 0 atom stereocenters. The Hall–Kier alpha value is -2.18. The minimum Gasteiger partial charge on any atom is -0.454 e. The van der Waals surface area contributed by atoms with Crippen LogP contribution in [0.15, 0.2) is 35.3 Å². The minimum atomic E-state index is -0.673. The maximum Gasteiger partial charge on any atom is 0.340 e. The van der Waals surface area contributed by atoms with Crippen molar-refractivity contribution in [3.8, 4) is 5.69 Å². The second kappa shape index (κ2) is 7.75. The van der Waals surface area contributed by atoms with Crippen LogP contribution in [-0.2, 0) is 9.53 Å². The number of esters is 1. The average molecular weight is 461 g/mol. The van der Waals surface area contributed by atoms with Gasteiger partial charge in [-0.25, -0.2) is 4.79 Å². The zero-order valence-electron chi connectivity index (χ0n) is 16.9. The maximum absolute atomic E-state index is 13.1. The van der Waals surface area contributed by atoms with Crippen molar-refractivity contribution in [3.63, 3.8) is 0 Å². The monoisotopic (exact) mass is 460 g/mol. The lowest BCUT2D eigenvalue weighted by atomic mass is 9.48. The van der Waals surface area contributed by atoms with Gasteiger partial charge >= 0.3 is 5.97 Å². The Morgan fingerprint density at radius 1 is 1.06 bits per heavy atom. The molecule has 1 aromatic heterocycles. The van der Waals surface area contributed by atoms with Gasteiger partial charge in [0.05, 0.1) is 22.5 Å². The zero-order valence-corrected chi connectivity index (χ0v) is 18.4. The molecular weight excluding hydrogens is 439 g/mol. The van der Waals surface area contributed by atoms with E-state index in [0.717, 1.165) is 23.9 Å². The van der Waals surface area contributed by atoms with E-state index < -0.39 is 11.5 Å². The molecule has 31 heavy (non-hydrogen) atoms. The summed E-state index contributed by atoms with van der Waals surface area (Å²) in [7, 11) is 0. The molecule has 4 aliphatic carbocycles. The van der Waals surface area contributed by atoms with E-state index in [4.69, 9.17) is 27.9 Å². The molecule has 8 heteroatoms. The number of ether oxygens (including phenoxy) is 1. The van der Waals surface area contributed by atoms with Crippen molar-refractivity contribution in [2.75, 3.05) is 6.61 Å².